The van der Waals surface area contributed by atoms with Crippen LogP contribution in [0, 0.1) is 6.92 Å². The molecule has 0 bridgehead atoms. The van der Waals surface area contributed by atoms with Gasteiger partial charge < -0.3 is 16.0 Å². The summed E-state index contributed by atoms with van der Waals surface area (Å²) < 4.78 is 0. The van der Waals surface area contributed by atoms with Gasteiger partial charge >= 0.3 is 0 Å². The number of hydrogen-bond acceptors (Lipinski definition) is 4. The summed E-state index contributed by atoms with van der Waals surface area (Å²) >= 11 is 7.59. The first-order chi connectivity index (χ1) is 22.8. The number of amides is 3. The van der Waals surface area contributed by atoms with Crippen LogP contribution in [-0.4, -0.2) is 17.7 Å². The fourth-order valence-electron chi connectivity index (χ4n) is 4.95. The number of thioether (sulfide) groups is 1. The van der Waals surface area contributed by atoms with Gasteiger partial charge in [-0.3, -0.25) is 14.4 Å². The Morgan fingerprint density at radius 3 is 2.15 bits per heavy atom. The van der Waals surface area contributed by atoms with E-state index in [1.165, 1.54) is 11.8 Å². The molecule has 0 spiro atoms. The van der Waals surface area contributed by atoms with Crippen LogP contribution in [0.15, 0.2) is 138 Å². The highest BCUT2D eigenvalue weighted by molar-refractivity contribution is 8.00. The maximum Gasteiger partial charge on any atom is 0.272 e. The SMILES string of the molecule is CCc1cccc(C)c1NC(=O)C(Sc1ccc(NC(=O)/C(=C/c2cccc(Cl)c2)NC(=O)c2ccccc2)cc1)c1ccccc1. The Labute approximate surface area is 284 Å². The van der Waals surface area contributed by atoms with E-state index in [4.69, 9.17) is 11.6 Å². The van der Waals surface area contributed by atoms with Gasteiger partial charge in [0, 0.05) is 26.9 Å². The predicted octanol–water partition coefficient (Wildman–Crippen LogP) is 9.09. The minimum Gasteiger partial charge on any atom is -0.324 e. The van der Waals surface area contributed by atoms with Crippen LogP contribution in [0.25, 0.3) is 6.08 Å². The van der Waals surface area contributed by atoms with Crippen LogP contribution >= 0.6 is 23.4 Å². The highest BCUT2D eigenvalue weighted by Crippen LogP contribution is 2.37. The molecule has 1 atom stereocenters. The number of halogens is 1. The third-order valence-electron chi connectivity index (χ3n) is 7.38. The lowest BCUT2D eigenvalue weighted by Crippen LogP contribution is -2.30. The quantitative estimate of drug-likeness (QED) is 0.0975. The average Bonchev–Trinajstić information content (AvgIpc) is 3.09. The van der Waals surface area contributed by atoms with Crippen molar-refractivity contribution in [3.8, 4) is 0 Å². The van der Waals surface area contributed by atoms with Gasteiger partial charge in [0.25, 0.3) is 11.8 Å². The molecule has 5 rings (SSSR count). The summed E-state index contributed by atoms with van der Waals surface area (Å²) in [6.45, 7) is 4.07. The normalized spacial score (nSPS) is 11.8. The number of carbonyl (C=O) groups is 3. The summed E-state index contributed by atoms with van der Waals surface area (Å²) in [6, 6.07) is 38.6. The van der Waals surface area contributed by atoms with E-state index in [-0.39, 0.29) is 11.6 Å². The third kappa shape index (κ3) is 9.00. The topological polar surface area (TPSA) is 87.3 Å². The molecular formula is C39H34ClN3O3S. The molecule has 5 aromatic rings. The van der Waals surface area contributed by atoms with E-state index in [2.05, 4.69) is 22.9 Å². The number of hydrogen-bond donors (Lipinski definition) is 3. The van der Waals surface area contributed by atoms with Gasteiger partial charge in [0.1, 0.15) is 10.9 Å². The molecule has 0 aliphatic carbocycles. The van der Waals surface area contributed by atoms with Crippen LogP contribution in [0.5, 0.6) is 0 Å². The van der Waals surface area contributed by atoms with E-state index in [1.54, 1.807) is 66.7 Å². The van der Waals surface area contributed by atoms with Crippen LogP contribution in [0.2, 0.25) is 5.02 Å². The lowest BCUT2D eigenvalue weighted by molar-refractivity contribution is -0.116. The fourth-order valence-corrected chi connectivity index (χ4v) is 6.17. The molecule has 0 aliphatic rings. The maximum absolute atomic E-state index is 13.7. The molecule has 8 heteroatoms. The van der Waals surface area contributed by atoms with E-state index in [0.717, 1.165) is 33.7 Å². The molecule has 1 unspecified atom stereocenters. The summed E-state index contributed by atoms with van der Waals surface area (Å²) in [4.78, 5) is 41.0. The second-order valence-corrected chi connectivity index (χ2v) is 12.4. The first-order valence-corrected chi connectivity index (χ1v) is 16.4. The van der Waals surface area contributed by atoms with Crippen molar-refractivity contribution >= 4 is 58.5 Å². The Balaban J connectivity index is 1.34. The lowest BCUT2D eigenvalue weighted by Gasteiger charge is -2.20. The van der Waals surface area contributed by atoms with E-state index < -0.39 is 17.1 Å². The van der Waals surface area contributed by atoms with Crippen LogP contribution in [0.1, 0.15) is 44.8 Å². The zero-order valence-electron chi connectivity index (χ0n) is 26.0. The van der Waals surface area contributed by atoms with Crippen LogP contribution in [0.3, 0.4) is 0 Å². The van der Waals surface area contributed by atoms with Crippen molar-refractivity contribution in [1.82, 2.24) is 5.32 Å². The number of benzene rings is 5. The van der Waals surface area contributed by atoms with Gasteiger partial charge in [-0.25, -0.2) is 0 Å². The van der Waals surface area contributed by atoms with Gasteiger partial charge in [-0.2, -0.15) is 0 Å². The zero-order chi connectivity index (χ0) is 33.2. The second-order valence-electron chi connectivity index (χ2n) is 10.8. The minimum absolute atomic E-state index is 0.0584. The van der Waals surface area contributed by atoms with Crippen LogP contribution < -0.4 is 16.0 Å². The number of rotatable bonds is 11. The summed E-state index contributed by atoms with van der Waals surface area (Å²) in [5.74, 6) is -1.03. The monoisotopic (exact) mass is 659 g/mol. The van der Waals surface area contributed by atoms with Gasteiger partial charge in [-0.05, 0) is 90.2 Å². The number of aryl methyl sites for hydroxylation is 2. The molecule has 3 N–H and O–H groups in total. The second kappa shape index (κ2) is 15.9. The number of anilines is 2. The molecule has 0 heterocycles. The highest BCUT2D eigenvalue weighted by Gasteiger charge is 2.24. The lowest BCUT2D eigenvalue weighted by atomic mass is 10.1. The maximum atomic E-state index is 13.7. The Bertz CT molecular complexity index is 1890. The number of para-hydroxylation sites is 1. The zero-order valence-corrected chi connectivity index (χ0v) is 27.6. The molecule has 47 heavy (non-hydrogen) atoms. The molecule has 0 aliphatic heterocycles. The molecule has 0 fully saturated rings. The molecule has 6 nitrogen and oxygen atoms in total. The summed E-state index contributed by atoms with van der Waals surface area (Å²) in [7, 11) is 0. The van der Waals surface area contributed by atoms with Gasteiger partial charge in [0.05, 0.1) is 0 Å². The molecular weight excluding hydrogens is 626 g/mol. The summed E-state index contributed by atoms with van der Waals surface area (Å²) in [5.41, 5.74) is 5.48. The van der Waals surface area contributed by atoms with E-state index in [9.17, 15) is 14.4 Å². The molecule has 0 saturated carbocycles. The molecule has 0 saturated heterocycles. The third-order valence-corrected chi connectivity index (χ3v) is 8.88. The first kappa shape index (κ1) is 33.3. The van der Waals surface area contributed by atoms with Crippen molar-refractivity contribution < 1.29 is 14.4 Å². The first-order valence-electron chi connectivity index (χ1n) is 15.2. The van der Waals surface area contributed by atoms with Crippen LogP contribution in [0.4, 0.5) is 11.4 Å². The van der Waals surface area contributed by atoms with Crippen molar-refractivity contribution in [2.45, 2.75) is 30.4 Å². The molecule has 236 valence electrons. The van der Waals surface area contributed by atoms with E-state index >= 15 is 0 Å². The summed E-state index contributed by atoms with van der Waals surface area (Å²) in [5, 5.41) is 8.79. The van der Waals surface area contributed by atoms with Gasteiger partial charge in [-0.1, -0.05) is 97.4 Å². The Kier molecular flexibility index (Phi) is 11.3. The molecule has 3 amide bonds. The Hall–Kier alpha value is -5.11. The number of nitrogens with one attached hydrogen (secondary N) is 3. The number of carbonyl (C=O) groups excluding carboxylic acids is 3. The van der Waals surface area contributed by atoms with Crippen molar-refractivity contribution in [2.75, 3.05) is 10.6 Å². The standard InChI is InChI=1S/C39H34ClN3O3S/c1-3-28-18-10-12-26(2)35(28)43-39(46)36(29-14-6-4-7-15-29)47-33-22-20-32(21-23-33)41-38(45)34(25-27-13-11-19-31(40)24-27)42-37(44)30-16-8-5-9-17-30/h4-25,36H,3H2,1-2H3,(H,41,45)(H,42,44)(H,43,46)/b34-25-. The predicted molar refractivity (Wildman–Crippen MR) is 193 cm³/mol. The van der Waals surface area contributed by atoms with Gasteiger partial charge in [-0.15, -0.1) is 11.8 Å². The largest absolute Gasteiger partial charge is 0.324 e. The van der Waals surface area contributed by atoms with Gasteiger partial charge in [0.15, 0.2) is 0 Å². The highest BCUT2D eigenvalue weighted by atomic mass is 35.5. The van der Waals surface area contributed by atoms with Crippen molar-refractivity contribution in [3.05, 3.63) is 166 Å². The average molecular weight is 660 g/mol. The molecule has 0 aromatic heterocycles. The van der Waals surface area contributed by atoms with Crippen molar-refractivity contribution in [2.24, 2.45) is 0 Å². The fraction of sp³-hybridized carbons (Fsp3) is 0.103. The smallest absolute Gasteiger partial charge is 0.272 e. The summed E-state index contributed by atoms with van der Waals surface area (Å²) in [6.07, 6.45) is 2.38. The molecule has 0 radical (unpaired) electrons. The van der Waals surface area contributed by atoms with E-state index in [1.807, 2.05) is 73.7 Å². The minimum atomic E-state index is -0.513. The Morgan fingerprint density at radius 2 is 1.47 bits per heavy atom. The molecule has 5 aromatic carbocycles. The Morgan fingerprint density at radius 1 is 0.787 bits per heavy atom. The van der Waals surface area contributed by atoms with Gasteiger partial charge in [0.2, 0.25) is 5.91 Å². The van der Waals surface area contributed by atoms with E-state index in [0.29, 0.717) is 21.8 Å². The van der Waals surface area contributed by atoms with Crippen molar-refractivity contribution in [3.63, 3.8) is 0 Å². The van der Waals surface area contributed by atoms with Crippen LogP contribution in [-0.2, 0) is 16.0 Å². The van der Waals surface area contributed by atoms with Crippen molar-refractivity contribution in [1.29, 1.82) is 0 Å².